The van der Waals surface area contributed by atoms with Gasteiger partial charge in [-0.25, -0.2) is 15.0 Å². The molecule has 0 atom stereocenters. The van der Waals surface area contributed by atoms with Gasteiger partial charge in [0.25, 0.3) is 0 Å². The number of likely N-dealkylation sites (N-methyl/N-ethyl adjacent to an activating group) is 1. The molecule has 0 unspecified atom stereocenters. The van der Waals surface area contributed by atoms with Crippen LogP contribution in [0.2, 0.25) is 10.0 Å². The van der Waals surface area contributed by atoms with Crippen molar-refractivity contribution in [2.24, 2.45) is 0 Å². The third-order valence-corrected chi connectivity index (χ3v) is 7.74. The van der Waals surface area contributed by atoms with E-state index in [4.69, 9.17) is 42.6 Å². The van der Waals surface area contributed by atoms with Gasteiger partial charge >= 0.3 is 0 Å². The highest BCUT2D eigenvalue weighted by atomic mass is 35.5. The number of allylic oxidation sites excluding steroid dienone is 1. The number of halogens is 2. The highest BCUT2D eigenvalue weighted by Gasteiger charge is 2.26. The molecule has 41 heavy (non-hydrogen) atoms. The maximum Gasteiger partial charge on any atom is 0.227 e. The molecule has 5 rings (SSSR count). The Morgan fingerprint density at radius 2 is 1.85 bits per heavy atom. The monoisotopic (exact) mass is 592 g/mol. The van der Waals surface area contributed by atoms with E-state index in [-0.39, 0.29) is 18.2 Å². The molecule has 4 aromatic rings. The van der Waals surface area contributed by atoms with Crippen molar-refractivity contribution in [2.45, 2.75) is 19.4 Å². The van der Waals surface area contributed by atoms with Crippen LogP contribution >= 0.6 is 23.2 Å². The lowest BCUT2D eigenvalue weighted by molar-refractivity contribution is -0.114. The molecule has 2 aromatic carbocycles. The van der Waals surface area contributed by atoms with Gasteiger partial charge in [0, 0.05) is 48.4 Å². The summed E-state index contributed by atoms with van der Waals surface area (Å²) in [6.07, 6.45) is 3.27. The Labute approximate surface area is 248 Å². The minimum Gasteiger partial charge on any atom is -0.495 e. The van der Waals surface area contributed by atoms with Crippen molar-refractivity contribution in [3.05, 3.63) is 70.4 Å². The molecular formula is C30H30Cl2N6O3. The zero-order valence-corrected chi connectivity index (χ0v) is 24.7. The number of carbonyl (C=O) groups is 1. The van der Waals surface area contributed by atoms with Crippen LogP contribution in [-0.4, -0.2) is 66.0 Å². The molecule has 11 heteroatoms. The summed E-state index contributed by atoms with van der Waals surface area (Å²) in [6, 6.07) is 9.46. The molecule has 2 N–H and O–H groups in total. The number of rotatable bonds is 10. The largest absolute Gasteiger partial charge is 0.495 e. The second-order valence-corrected chi connectivity index (χ2v) is 10.7. The normalized spacial score (nSPS) is 13.5. The van der Waals surface area contributed by atoms with Crippen molar-refractivity contribution in [2.75, 3.05) is 45.0 Å². The van der Waals surface area contributed by atoms with E-state index in [1.54, 1.807) is 12.3 Å². The first kappa shape index (κ1) is 28.6. The van der Waals surface area contributed by atoms with E-state index in [0.717, 1.165) is 35.3 Å². The molecule has 0 aliphatic carbocycles. The number of fused-ring (bicyclic) bond motifs is 1. The predicted octanol–water partition coefficient (Wildman–Crippen LogP) is 6.09. The second-order valence-electron chi connectivity index (χ2n) is 9.92. The number of carbonyl (C=O) groups excluding carboxylic acids is 1. The number of methoxy groups -OCH3 is 2. The Hall–Kier alpha value is -3.92. The van der Waals surface area contributed by atoms with Crippen LogP contribution in [0.5, 0.6) is 11.5 Å². The highest BCUT2D eigenvalue weighted by molar-refractivity contribution is 6.41. The van der Waals surface area contributed by atoms with Crippen LogP contribution in [0.1, 0.15) is 11.1 Å². The number of pyridine rings is 1. The van der Waals surface area contributed by atoms with Gasteiger partial charge in [-0.2, -0.15) is 0 Å². The van der Waals surface area contributed by atoms with Gasteiger partial charge in [0.05, 0.1) is 36.0 Å². The molecule has 1 saturated heterocycles. The van der Waals surface area contributed by atoms with Crippen molar-refractivity contribution < 1.29 is 14.3 Å². The molecule has 212 valence electrons. The molecule has 1 aliphatic heterocycles. The number of hydrogen-bond acceptors (Lipinski definition) is 9. The van der Waals surface area contributed by atoms with Crippen molar-refractivity contribution in [3.8, 4) is 22.8 Å². The SMILES string of the molecule is C=CC(=O)Cc1cccc(C)c1Nc1ncc2cc(-c3c(Cl)c(OC)cc(OC)c3Cl)nc(NC3CN(C)C3)c2n1. The van der Waals surface area contributed by atoms with Crippen LogP contribution in [-0.2, 0) is 11.2 Å². The first-order chi connectivity index (χ1) is 19.7. The van der Waals surface area contributed by atoms with Gasteiger partial charge in [0.2, 0.25) is 5.95 Å². The Morgan fingerprint density at radius 3 is 2.49 bits per heavy atom. The van der Waals surface area contributed by atoms with Crippen molar-refractivity contribution >= 4 is 57.3 Å². The number of para-hydroxylation sites is 1. The van der Waals surface area contributed by atoms with E-state index >= 15 is 0 Å². The van der Waals surface area contributed by atoms with Gasteiger partial charge in [-0.3, -0.25) is 4.79 Å². The molecule has 1 aliphatic rings. The summed E-state index contributed by atoms with van der Waals surface area (Å²) in [4.78, 5) is 28.7. The van der Waals surface area contributed by atoms with Crippen LogP contribution in [0, 0.1) is 6.92 Å². The Balaban J connectivity index is 1.62. The number of nitrogens with zero attached hydrogens (tertiary/aromatic N) is 4. The predicted molar refractivity (Wildman–Crippen MR) is 164 cm³/mol. The van der Waals surface area contributed by atoms with Crippen LogP contribution in [0.15, 0.2) is 49.2 Å². The lowest BCUT2D eigenvalue weighted by atomic mass is 10.0. The lowest BCUT2D eigenvalue weighted by Gasteiger charge is -2.37. The second kappa shape index (κ2) is 11.9. The molecule has 1 fully saturated rings. The number of likely N-dealkylation sites (tertiary alicyclic amines) is 1. The average molecular weight is 594 g/mol. The molecule has 9 nitrogen and oxygen atoms in total. The van der Waals surface area contributed by atoms with Gasteiger partial charge in [-0.15, -0.1) is 0 Å². The van der Waals surface area contributed by atoms with Crippen LogP contribution in [0.3, 0.4) is 0 Å². The number of benzene rings is 2. The minimum atomic E-state index is -0.0711. The zero-order chi connectivity index (χ0) is 29.3. The first-order valence-electron chi connectivity index (χ1n) is 13.0. The molecule has 3 heterocycles. The Bertz CT molecular complexity index is 1630. The third kappa shape index (κ3) is 5.79. The summed E-state index contributed by atoms with van der Waals surface area (Å²) in [5.74, 6) is 1.71. The third-order valence-electron chi connectivity index (χ3n) is 6.99. The van der Waals surface area contributed by atoms with E-state index in [2.05, 4.69) is 34.1 Å². The topological polar surface area (TPSA) is 102 Å². The molecule has 0 bridgehead atoms. The standard InChI is InChI=1S/C30H30Cl2N6O3/c1-6-20(39)10-17-9-7-8-16(2)27(17)36-30-33-13-18-11-21(24-25(31)22(40-4)12-23(41-5)26(24)32)35-29(28(18)37-30)34-19-14-38(3)15-19/h6-9,11-13,19H,1,10,14-15H2,2-5H3,(H,34,35)(H,33,36,37). The number of hydrogen-bond donors (Lipinski definition) is 2. The van der Waals surface area contributed by atoms with Crippen molar-refractivity contribution in [3.63, 3.8) is 0 Å². The summed E-state index contributed by atoms with van der Waals surface area (Å²) in [6.45, 7) is 7.29. The fraction of sp³-hybridized carbons (Fsp3) is 0.267. The quantitative estimate of drug-likeness (QED) is 0.212. The van der Waals surface area contributed by atoms with Gasteiger partial charge in [0.15, 0.2) is 11.6 Å². The van der Waals surface area contributed by atoms with Crippen LogP contribution in [0.25, 0.3) is 22.2 Å². The fourth-order valence-electron chi connectivity index (χ4n) is 4.85. The first-order valence-corrected chi connectivity index (χ1v) is 13.7. The van der Waals surface area contributed by atoms with Gasteiger partial charge < -0.3 is 25.0 Å². The molecular weight excluding hydrogens is 563 g/mol. The smallest absolute Gasteiger partial charge is 0.227 e. The van der Waals surface area contributed by atoms with Crippen LogP contribution in [0.4, 0.5) is 17.5 Å². The molecule has 0 amide bonds. The summed E-state index contributed by atoms with van der Waals surface area (Å²) >= 11 is 13.5. The van der Waals surface area contributed by atoms with Gasteiger partial charge in [-0.1, -0.05) is 48.0 Å². The van der Waals surface area contributed by atoms with Crippen molar-refractivity contribution in [1.29, 1.82) is 0 Å². The van der Waals surface area contributed by atoms with E-state index in [0.29, 0.717) is 50.1 Å². The summed E-state index contributed by atoms with van der Waals surface area (Å²) in [7, 11) is 5.12. The Kier molecular flexibility index (Phi) is 8.30. The van der Waals surface area contributed by atoms with Crippen LogP contribution < -0.4 is 20.1 Å². The summed E-state index contributed by atoms with van der Waals surface area (Å²) in [5, 5.41) is 8.23. The van der Waals surface area contributed by atoms with E-state index in [1.807, 2.05) is 31.2 Å². The van der Waals surface area contributed by atoms with E-state index < -0.39 is 0 Å². The highest BCUT2D eigenvalue weighted by Crippen LogP contribution is 2.46. The van der Waals surface area contributed by atoms with E-state index in [9.17, 15) is 4.79 Å². The summed E-state index contributed by atoms with van der Waals surface area (Å²) in [5.41, 5.74) is 4.21. The lowest BCUT2D eigenvalue weighted by Crippen LogP contribution is -2.52. The maximum absolute atomic E-state index is 12.1. The number of anilines is 3. The van der Waals surface area contributed by atoms with E-state index in [1.165, 1.54) is 20.3 Å². The zero-order valence-electron chi connectivity index (χ0n) is 23.2. The number of nitrogens with one attached hydrogen (secondary N) is 2. The Morgan fingerprint density at radius 1 is 1.15 bits per heavy atom. The molecule has 0 saturated carbocycles. The molecule has 0 radical (unpaired) electrons. The maximum atomic E-state index is 12.1. The number of ether oxygens (including phenoxy) is 2. The minimum absolute atomic E-state index is 0.0711. The van der Waals surface area contributed by atoms with Gasteiger partial charge in [-0.05, 0) is 37.2 Å². The van der Waals surface area contributed by atoms with Crippen molar-refractivity contribution in [1.82, 2.24) is 19.9 Å². The fourth-order valence-corrected chi connectivity index (χ4v) is 5.54. The number of aryl methyl sites for hydroxylation is 1. The number of aromatic nitrogens is 3. The summed E-state index contributed by atoms with van der Waals surface area (Å²) < 4.78 is 10.9. The molecule has 0 spiro atoms. The van der Waals surface area contributed by atoms with Gasteiger partial charge in [0.1, 0.15) is 17.0 Å². The molecule has 2 aromatic heterocycles. The average Bonchev–Trinajstić information content (AvgIpc) is 2.94. The number of ketones is 1.